The number of benzene rings is 1. The van der Waals surface area contributed by atoms with Crippen LogP contribution in [0.1, 0.15) is 57.2 Å². The van der Waals surface area contributed by atoms with Crippen molar-refractivity contribution in [1.29, 1.82) is 0 Å². The van der Waals surface area contributed by atoms with Gasteiger partial charge >= 0.3 is 0 Å². The normalized spacial score (nSPS) is 20.8. The molecule has 0 amide bonds. The molecule has 1 aromatic rings. The first-order chi connectivity index (χ1) is 13.7. The number of fused-ring (bicyclic) bond motifs is 3. The molecule has 0 saturated carbocycles. The van der Waals surface area contributed by atoms with Gasteiger partial charge in [0.05, 0.1) is 19.0 Å². The SMILES string of the molecule is C=C(O)/C(=C\C=C(/C)OCCC)C1COc2c(c(C)cc3c2CCC(C)(C)O3)C1. The Labute approximate surface area is 174 Å². The van der Waals surface area contributed by atoms with Crippen LogP contribution in [0.2, 0.25) is 0 Å². The largest absolute Gasteiger partial charge is 0.508 e. The van der Waals surface area contributed by atoms with Crippen LogP contribution in [0.3, 0.4) is 0 Å². The third-order valence-electron chi connectivity index (χ3n) is 5.72. The van der Waals surface area contributed by atoms with Gasteiger partial charge in [-0.1, -0.05) is 19.6 Å². The van der Waals surface area contributed by atoms with Gasteiger partial charge in [0.15, 0.2) is 0 Å². The summed E-state index contributed by atoms with van der Waals surface area (Å²) in [5.74, 6) is 2.89. The van der Waals surface area contributed by atoms with Crippen molar-refractivity contribution in [2.45, 2.75) is 65.9 Å². The summed E-state index contributed by atoms with van der Waals surface area (Å²) in [6.45, 7) is 15.4. The Bertz CT molecular complexity index is 845. The number of ether oxygens (including phenoxy) is 3. The first kappa shape index (κ1) is 21.4. The summed E-state index contributed by atoms with van der Waals surface area (Å²) in [6.07, 6.45) is 7.52. The fourth-order valence-electron chi connectivity index (χ4n) is 4.05. The first-order valence-corrected chi connectivity index (χ1v) is 10.6. The van der Waals surface area contributed by atoms with Crippen LogP contribution in [-0.4, -0.2) is 23.9 Å². The van der Waals surface area contributed by atoms with Crippen molar-refractivity contribution in [1.82, 2.24) is 0 Å². The van der Waals surface area contributed by atoms with E-state index in [1.165, 1.54) is 16.7 Å². The number of aliphatic hydroxyl groups is 1. The van der Waals surface area contributed by atoms with E-state index in [-0.39, 0.29) is 17.3 Å². The van der Waals surface area contributed by atoms with Crippen molar-refractivity contribution in [2.24, 2.45) is 5.92 Å². The predicted molar refractivity (Wildman–Crippen MR) is 117 cm³/mol. The molecule has 0 bridgehead atoms. The number of aliphatic hydroxyl groups excluding tert-OH is 1. The fraction of sp³-hybridized carbons (Fsp3) is 0.520. The van der Waals surface area contributed by atoms with Crippen molar-refractivity contribution >= 4 is 0 Å². The van der Waals surface area contributed by atoms with Gasteiger partial charge in [0.1, 0.15) is 22.9 Å². The molecule has 1 aromatic carbocycles. The molecule has 2 aliphatic rings. The lowest BCUT2D eigenvalue weighted by Gasteiger charge is -2.36. The van der Waals surface area contributed by atoms with Gasteiger partial charge < -0.3 is 19.3 Å². The number of hydrogen-bond acceptors (Lipinski definition) is 4. The standard InChI is InChI=1S/C25H34O4/c1-7-12-27-17(3)8-9-20(18(4)26)19-14-22-16(2)13-23-21(24(22)28-15-19)10-11-25(5,6)29-23/h8-9,13,19,26H,4,7,10-12,14-15H2,1-3,5-6H3/b17-8+,20-9+. The lowest BCUT2D eigenvalue weighted by molar-refractivity contribution is 0.0823. The second-order valence-electron chi connectivity index (χ2n) is 8.75. The molecular formula is C25H34O4. The average Bonchev–Trinajstić information content (AvgIpc) is 2.65. The summed E-state index contributed by atoms with van der Waals surface area (Å²) < 4.78 is 18.1. The van der Waals surface area contributed by atoms with Crippen LogP contribution in [0.5, 0.6) is 11.5 Å². The zero-order valence-corrected chi connectivity index (χ0v) is 18.4. The van der Waals surface area contributed by atoms with E-state index in [0.29, 0.717) is 13.2 Å². The predicted octanol–water partition coefficient (Wildman–Crippen LogP) is 5.98. The molecule has 0 spiro atoms. The Hall–Kier alpha value is -2.36. The van der Waals surface area contributed by atoms with Gasteiger partial charge in [0.2, 0.25) is 0 Å². The molecule has 3 rings (SSSR count). The van der Waals surface area contributed by atoms with Crippen LogP contribution >= 0.6 is 0 Å². The molecule has 1 unspecified atom stereocenters. The van der Waals surface area contributed by atoms with E-state index in [1.54, 1.807) is 0 Å². The quantitative estimate of drug-likeness (QED) is 0.473. The van der Waals surface area contributed by atoms with Gasteiger partial charge in [-0.3, -0.25) is 0 Å². The smallest absolute Gasteiger partial charge is 0.129 e. The van der Waals surface area contributed by atoms with Gasteiger partial charge in [0, 0.05) is 17.1 Å². The van der Waals surface area contributed by atoms with E-state index >= 15 is 0 Å². The maximum atomic E-state index is 10.2. The molecule has 0 radical (unpaired) electrons. The Morgan fingerprint density at radius 1 is 1.34 bits per heavy atom. The summed E-state index contributed by atoms with van der Waals surface area (Å²) in [7, 11) is 0. The first-order valence-electron chi connectivity index (χ1n) is 10.6. The number of hydrogen-bond donors (Lipinski definition) is 1. The average molecular weight is 399 g/mol. The molecule has 0 saturated heterocycles. The molecule has 1 N–H and O–H groups in total. The molecule has 158 valence electrons. The molecule has 29 heavy (non-hydrogen) atoms. The zero-order chi connectivity index (χ0) is 21.2. The number of allylic oxidation sites excluding steroid dienone is 4. The van der Waals surface area contributed by atoms with Crippen molar-refractivity contribution in [3.63, 3.8) is 0 Å². The Morgan fingerprint density at radius 2 is 2.10 bits per heavy atom. The highest BCUT2D eigenvalue weighted by atomic mass is 16.5. The highest BCUT2D eigenvalue weighted by Crippen LogP contribution is 2.45. The van der Waals surface area contributed by atoms with E-state index in [0.717, 1.165) is 48.5 Å². The molecule has 0 aromatic heterocycles. The third-order valence-corrected chi connectivity index (χ3v) is 5.72. The van der Waals surface area contributed by atoms with E-state index < -0.39 is 0 Å². The lowest BCUT2D eigenvalue weighted by Crippen LogP contribution is -2.34. The summed E-state index contributed by atoms with van der Waals surface area (Å²) in [4.78, 5) is 0. The van der Waals surface area contributed by atoms with Gasteiger partial charge in [-0.2, -0.15) is 0 Å². The molecule has 2 aliphatic heterocycles. The van der Waals surface area contributed by atoms with E-state index in [4.69, 9.17) is 14.2 Å². The van der Waals surface area contributed by atoms with Crippen LogP contribution in [0.25, 0.3) is 0 Å². The van der Waals surface area contributed by atoms with Gasteiger partial charge in [-0.15, -0.1) is 0 Å². The molecular weight excluding hydrogens is 364 g/mol. The molecule has 2 heterocycles. The highest BCUT2D eigenvalue weighted by molar-refractivity contribution is 5.56. The second-order valence-corrected chi connectivity index (χ2v) is 8.75. The van der Waals surface area contributed by atoms with Crippen molar-refractivity contribution in [3.05, 3.63) is 58.6 Å². The molecule has 0 aliphatic carbocycles. The van der Waals surface area contributed by atoms with Crippen LogP contribution in [0, 0.1) is 12.8 Å². The van der Waals surface area contributed by atoms with Crippen LogP contribution in [0.15, 0.2) is 41.9 Å². The molecule has 4 heteroatoms. The topological polar surface area (TPSA) is 47.9 Å². The Morgan fingerprint density at radius 3 is 2.79 bits per heavy atom. The fourth-order valence-corrected chi connectivity index (χ4v) is 4.05. The lowest BCUT2D eigenvalue weighted by atomic mass is 9.84. The second kappa shape index (κ2) is 8.56. The van der Waals surface area contributed by atoms with Gasteiger partial charge in [-0.25, -0.2) is 0 Å². The summed E-state index contributed by atoms with van der Waals surface area (Å²) in [5, 5.41) is 10.2. The Kier molecular flexibility index (Phi) is 6.30. The monoisotopic (exact) mass is 398 g/mol. The van der Waals surface area contributed by atoms with Crippen LogP contribution < -0.4 is 9.47 Å². The minimum absolute atomic E-state index is 0.0490. The Balaban J connectivity index is 1.87. The minimum Gasteiger partial charge on any atom is -0.508 e. The maximum absolute atomic E-state index is 10.2. The highest BCUT2D eigenvalue weighted by Gasteiger charge is 2.34. The van der Waals surface area contributed by atoms with Crippen molar-refractivity contribution in [3.8, 4) is 11.5 Å². The van der Waals surface area contributed by atoms with E-state index in [1.807, 2.05) is 19.1 Å². The van der Waals surface area contributed by atoms with E-state index in [2.05, 4.69) is 40.3 Å². The molecule has 1 atom stereocenters. The van der Waals surface area contributed by atoms with Gasteiger partial charge in [-0.05, 0) is 76.6 Å². The molecule has 0 fully saturated rings. The number of rotatable bonds is 6. The summed E-state index contributed by atoms with van der Waals surface area (Å²) in [6, 6.07) is 2.14. The third kappa shape index (κ3) is 4.80. The van der Waals surface area contributed by atoms with Crippen molar-refractivity contribution in [2.75, 3.05) is 13.2 Å². The van der Waals surface area contributed by atoms with Crippen LogP contribution in [0.4, 0.5) is 0 Å². The van der Waals surface area contributed by atoms with Crippen molar-refractivity contribution < 1.29 is 19.3 Å². The van der Waals surface area contributed by atoms with E-state index in [9.17, 15) is 5.11 Å². The minimum atomic E-state index is -0.139. The number of aryl methyl sites for hydroxylation is 1. The van der Waals surface area contributed by atoms with Crippen LogP contribution in [-0.2, 0) is 17.6 Å². The maximum Gasteiger partial charge on any atom is 0.129 e. The summed E-state index contributed by atoms with van der Waals surface area (Å²) >= 11 is 0. The zero-order valence-electron chi connectivity index (χ0n) is 18.4. The summed E-state index contributed by atoms with van der Waals surface area (Å²) in [5.41, 5.74) is 4.21. The molecule has 4 nitrogen and oxygen atoms in total. The van der Waals surface area contributed by atoms with Gasteiger partial charge in [0.25, 0.3) is 0 Å².